The molecule has 0 bridgehead atoms. The lowest BCUT2D eigenvalue weighted by atomic mass is 10.3. The molecule has 2 aromatic rings. The Labute approximate surface area is 163 Å². The maximum absolute atomic E-state index is 12.8. The van der Waals surface area contributed by atoms with Crippen LogP contribution in [-0.4, -0.2) is 41.3 Å². The molecular weight excluding hydrogens is 446 g/mol. The van der Waals surface area contributed by atoms with Crippen molar-refractivity contribution in [3.05, 3.63) is 44.8 Å². The van der Waals surface area contributed by atoms with Crippen molar-refractivity contribution in [2.45, 2.75) is 24.4 Å². The first-order valence-electron chi connectivity index (χ1n) is 7.42. The number of amides is 1. The van der Waals surface area contributed by atoms with Gasteiger partial charge in [-0.2, -0.15) is 4.31 Å². The zero-order valence-electron chi connectivity index (χ0n) is 13.3. The number of aryl methyl sites for hydroxylation is 1. The second-order valence-corrected chi connectivity index (χ2v) is 10.3. The van der Waals surface area contributed by atoms with Gasteiger partial charge in [0.2, 0.25) is 15.9 Å². The van der Waals surface area contributed by atoms with Gasteiger partial charge in [0.25, 0.3) is 0 Å². The van der Waals surface area contributed by atoms with E-state index < -0.39 is 16.1 Å². The normalized spacial score (nSPS) is 18.4. The molecule has 134 valence electrons. The van der Waals surface area contributed by atoms with Crippen molar-refractivity contribution in [3.63, 3.8) is 0 Å². The number of rotatable bonds is 5. The third-order valence-corrected chi connectivity index (χ3v) is 8.07. The molecule has 25 heavy (non-hydrogen) atoms. The summed E-state index contributed by atoms with van der Waals surface area (Å²) < 4.78 is 27.8. The molecule has 0 saturated carbocycles. The van der Waals surface area contributed by atoms with Crippen LogP contribution in [-0.2, 0) is 21.4 Å². The smallest absolute Gasteiger partial charge is 0.244 e. The molecule has 1 aromatic carbocycles. The summed E-state index contributed by atoms with van der Waals surface area (Å²) in [5.74, 6) is 0.417. The van der Waals surface area contributed by atoms with Gasteiger partial charge in [-0.05, 0) is 31.2 Å². The van der Waals surface area contributed by atoms with E-state index in [4.69, 9.17) is 0 Å². The lowest BCUT2D eigenvalue weighted by molar-refractivity contribution is -0.124. The zero-order chi connectivity index (χ0) is 18.0. The van der Waals surface area contributed by atoms with Crippen LogP contribution in [0.4, 0.5) is 0 Å². The first-order valence-corrected chi connectivity index (χ1v) is 11.7. The van der Waals surface area contributed by atoms with Crippen LogP contribution in [0, 0.1) is 6.92 Å². The number of nitrogens with zero attached hydrogens (tertiary/aromatic N) is 2. The number of benzene rings is 1. The van der Waals surface area contributed by atoms with Gasteiger partial charge in [-0.25, -0.2) is 13.4 Å². The first-order chi connectivity index (χ1) is 11.9. The number of halogens is 1. The Balaban J connectivity index is 1.72. The summed E-state index contributed by atoms with van der Waals surface area (Å²) in [4.78, 5) is 17.0. The summed E-state index contributed by atoms with van der Waals surface area (Å²) in [7, 11) is -3.71. The van der Waals surface area contributed by atoms with E-state index in [1.165, 1.54) is 39.5 Å². The Hall–Kier alpha value is -0.940. The Kier molecular flexibility index (Phi) is 5.84. The third kappa shape index (κ3) is 4.25. The topological polar surface area (TPSA) is 79.4 Å². The molecule has 0 aliphatic carbocycles. The van der Waals surface area contributed by atoms with E-state index in [0.29, 0.717) is 12.3 Å². The van der Waals surface area contributed by atoms with E-state index in [9.17, 15) is 13.2 Å². The van der Waals surface area contributed by atoms with Gasteiger partial charge < -0.3 is 5.32 Å². The van der Waals surface area contributed by atoms with Crippen molar-refractivity contribution in [3.8, 4) is 0 Å². The SMILES string of the molecule is Cc1nc(CNC(=O)C2CSCN2S(=O)(=O)c2ccc(Br)cc2)cs1. The summed E-state index contributed by atoms with van der Waals surface area (Å²) in [6, 6.07) is 5.72. The number of thiazole rings is 1. The van der Waals surface area contributed by atoms with E-state index in [1.54, 1.807) is 12.1 Å². The fourth-order valence-electron chi connectivity index (χ4n) is 2.40. The standard InChI is InChI=1S/C15H16BrN3O3S3/c1-10-18-12(7-24-10)6-17-15(20)14-8-23-9-19(14)25(21,22)13-4-2-11(16)3-5-13/h2-5,7,14H,6,8-9H2,1H3,(H,17,20). The molecule has 2 heterocycles. The van der Waals surface area contributed by atoms with Crippen molar-refractivity contribution < 1.29 is 13.2 Å². The fraction of sp³-hybridized carbons (Fsp3) is 0.333. The molecule has 1 fully saturated rings. The van der Waals surface area contributed by atoms with Crippen molar-refractivity contribution in [2.24, 2.45) is 0 Å². The molecule has 1 aliphatic rings. The van der Waals surface area contributed by atoms with Crippen LogP contribution in [0.1, 0.15) is 10.7 Å². The van der Waals surface area contributed by atoms with E-state index >= 15 is 0 Å². The van der Waals surface area contributed by atoms with Crippen molar-refractivity contribution >= 4 is 55.0 Å². The predicted octanol–water partition coefficient (Wildman–Crippen LogP) is 2.59. The van der Waals surface area contributed by atoms with Gasteiger partial charge in [0, 0.05) is 15.6 Å². The van der Waals surface area contributed by atoms with Crippen LogP contribution >= 0.6 is 39.0 Å². The first kappa shape index (κ1) is 18.8. The minimum absolute atomic E-state index is 0.186. The molecule has 6 nitrogen and oxygen atoms in total. The molecule has 1 aromatic heterocycles. The molecular formula is C15H16BrN3O3S3. The molecule has 1 amide bonds. The highest BCUT2D eigenvalue weighted by Gasteiger charge is 2.39. The number of aromatic nitrogens is 1. The van der Waals surface area contributed by atoms with Crippen LogP contribution < -0.4 is 5.32 Å². The highest BCUT2D eigenvalue weighted by Crippen LogP contribution is 2.29. The average molecular weight is 462 g/mol. The van der Waals surface area contributed by atoms with Gasteiger partial charge in [0.05, 0.1) is 28.0 Å². The van der Waals surface area contributed by atoms with Gasteiger partial charge in [-0.15, -0.1) is 23.1 Å². The summed E-state index contributed by atoms with van der Waals surface area (Å²) >= 11 is 6.24. The Morgan fingerprint density at radius 3 is 2.76 bits per heavy atom. The van der Waals surface area contributed by atoms with E-state index in [1.807, 2.05) is 12.3 Å². The predicted molar refractivity (Wildman–Crippen MR) is 103 cm³/mol. The van der Waals surface area contributed by atoms with Crippen LogP contribution in [0.25, 0.3) is 0 Å². The van der Waals surface area contributed by atoms with Crippen LogP contribution in [0.15, 0.2) is 39.0 Å². The van der Waals surface area contributed by atoms with Crippen LogP contribution in [0.3, 0.4) is 0 Å². The summed E-state index contributed by atoms with van der Waals surface area (Å²) in [5.41, 5.74) is 0.781. The number of sulfonamides is 1. The van der Waals surface area contributed by atoms with Crippen LogP contribution in [0.2, 0.25) is 0 Å². The van der Waals surface area contributed by atoms with Crippen molar-refractivity contribution in [2.75, 3.05) is 11.6 Å². The molecule has 10 heteroatoms. The van der Waals surface area contributed by atoms with Gasteiger partial charge in [0.1, 0.15) is 6.04 Å². The van der Waals surface area contributed by atoms with Gasteiger partial charge >= 0.3 is 0 Å². The average Bonchev–Trinajstić information content (AvgIpc) is 3.22. The number of nitrogens with one attached hydrogen (secondary N) is 1. The number of carbonyl (C=O) groups excluding carboxylic acids is 1. The zero-order valence-corrected chi connectivity index (χ0v) is 17.3. The maximum Gasteiger partial charge on any atom is 0.244 e. The molecule has 1 N–H and O–H groups in total. The van der Waals surface area contributed by atoms with E-state index in [0.717, 1.165) is 15.2 Å². The number of carbonyl (C=O) groups is 1. The second kappa shape index (κ2) is 7.75. The number of thioether (sulfide) groups is 1. The van der Waals surface area contributed by atoms with Gasteiger partial charge in [0.15, 0.2) is 0 Å². The van der Waals surface area contributed by atoms with Gasteiger partial charge in [-0.3, -0.25) is 4.79 Å². The Morgan fingerprint density at radius 1 is 1.40 bits per heavy atom. The minimum atomic E-state index is -3.71. The highest BCUT2D eigenvalue weighted by molar-refractivity contribution is 9.10. The quantitative estimate of drug-likeness (QED) is 0.739. The molecule has 1 atom stereocenters. The highest BCUT2D eigenvalue weighted by atomic mass is 79.9. The summed E-state index contributed by atoms with van der Waals surface area (Å²) in [6.07, 6.45) is 0. The number of hydrogen-bond acceptors (Lipinski definition) is 6. The lowest BCUT2D eigenvalue weighted by Gasteiger charge is -2.22. The lowest BCUT2D eigenvalue weighted by Crippen LogP contribution is -2.46. The van der Waals surface area contributed by atoms with E-state index in [-0.39, 0.29) is 16.7 Å². The minimum Gasteiger partial charge on any atom is -0.349 e. The molecule has 1 unspecified atom stereocenters. The Morgan fingerprint density at radius 2 is 2.12 bits per heavy atom. The Bertz CT molecular complexity index is 868. The van der Waals surface area contributed by atoms with E-state index in [2.05, 4.69) is 26.2 Å². The molecule has 0 spiro atoms. The second-order valence-electron chi connectivity index (χ2n) is 5.44. The summed E-state index contributed by atoms with van der Waals surface area (Å²) in [6.45, 7) is 2.20. The molecule has 3 rings (SSSR count). The largest absolute Gasteiger partial charge is 0.349 e. The molecule has 1 saturated heterocycles. The molecule has 0 radical (unpaired) electrons. The fourth-order valence-corrected chi connectivity index (χ4v) is 6.42. The number of hydrogen-bond donors (Lipinski definition) is 1. The maximum atomic E-state index is 12.8. The van der Waals surface area contributed by atoms with Crippen molar-refractivity contribution in [1.29, 1.82) is 0 Å². The van der Waals surface area contributed by atoms with Gasteiger partial charge in [-0.1, -0.05) is 15.9 Å². The monoisotopic (exact) mass is 461 g/mol. The van der Waals surface area contributed by atoms with Crippen molar-refractivity contribution in [1.82, 2.24) is 14.6 Å². The van der Waals surface area contributed by atoms with Crippen LogP contribution in [0.5, 0.6) is 0 Å². The molecule has 1 aliphatic heterocycles. The third-order valence-electron chi connectivity index (χ3n) is 3.68. The summed E-state index contributed by atoms with van der Waals surface area (Å²) in [5, 5.41) is 5.61.